The fourth-order valence-electron chi connectivity index (χ4n) is 2.60. The minimum absolute atomic E-state index is 0.153. The number of hydrogen-bond acceptors (Lipinski definition) is 9. The van der Waals surface area contributed by atoms with Crippen LogP contribution in [0.2, 0.25) is 0 Å². The van der Waals surface area contributed by atoms with Gasteiger partial charge in [0.05, 0.1) is 11.8 Å². The molecule has 3 heterocycles. The molecule has 12 heteroatoms. The van der Waals surface area contributed by atoms with Gasteiger partial charge in [0.25, 0.3) is 5.91 Å². The van der Waals surface area contributed by atoms with Crippen LogP contribution in [-0.2, 0) is 18.4 Å². The van der Waals surface area contributed by atoms with Gasteiger partial charge in [0.15, 0.2) is 27.6 Å². The van der Waals surface area contributed by atoms with Gasteiger partial charge in [-0.25, -0.2) is 4.98 Å². The summed E-state index contributed by atoms with van der Waals surface area (Å²) in [5, 5.41) is 16.3. The number of hydrogen-bond donors (Lipinski definition) is 2. The molecule has 3 aromatic rings. The van der Waals surface area contributed by atoms with E-state index in [0.29, 0.717) is 33.2 Å². The molecule has 0 unspecified atom stereocenters. The number of ether oxygens (including phenoxy) is 2. The second-order valence-corrected chi connectivity index (χ2v) is 8.50. The first-order valence-corrected chi connectivity index (χ1v) is 10.7. The summed E-state index contributed by atoms with van der Waals surface area (Å²) in [6.45, 7) is 2.13. The summed E-state index contributed by atoms with van der Waals surface area (Å²) in [7, 11) is 1.79. The quantitative estimate of drug-likeness (QED) is 0.529. The number of amides is 2. The average Bonchev–Trinajstić information content (AvgIpc) is 3.48. The van der Waals surface area contributed by atoms with E-state index in [1.807, 2.05) is 0 Å². The van der Waals surface area contributed by atoms with E-state index < -0.39 is 5.25 Å². The molecule has 4 rings (SSSR count). The Kier molecular flexibility index (Phi) is 5.86. The van der Waals surface area contributed by atoms with Gasteiger partial charge in [0.1, 0.15) is 0 Å². The van der Waals surface area contributed by atoms with Crippen LogP contribution < -0.4 is 20.1 Å². The molecule has 0 spiro atoms. The number of anilines is 1. The van der Waals surface area contributed by atoms with Crippen molar-refractivity contribution >= 4 is 40.0 Å². The highest BCUT2D eigenvalue weighted by Gasteiger charge is 2.20. The number of thiazole rings is 1. The molecule has 0 fully saturated rings. The summed E-state index contributed by atoms with van der Waals surface area (Å²) in [6.07, 6.45) is 1.63. The summed E-state index contributed by atoms with van der Waals surface area (Å²) < 4.78 is 12.3. The largest absolute Gasteiger partial charge is 0.454 e. The van der Waals surface area contributed by atoms with E-state index in [1.54, 1.807) is 48.3 Å². The van der Waals surface area contributed by atoms with Crippen LogP contribution in [0.5, 0.6) is 11.5 Å². The van der Waals surface area contributed by atoms with E-state index in [1.165, 1.54) is 23.1 Å². The lowest BCUT2D eigenvalue weighted by Crippen LogP contribution is -2.24. The zero-order valence-electron chi connectivity index (χ0n) is 16.1. The minimum Gasteiger partial charge on any atom is -0.454 e. The van der Waals surface area contributed by atoms with E-state index in [9.17, 15) is 9.59 Å². The number of fused-ring (bicyclic) bond motifs is 1. The molecule has 1 aliphatic heterocycles. The Hall–Kier alpha value is -3.12. The highest BCUT2D eigenvalue weighted by atomic mass is 32.2. The number of nitrogens with zero attached hydrogens (tertiary/aromatic N) is 4. The Morgan fingerprint density at radius 2 is 2.13 bits per heavy atom. The predicted molar refractivity (Wildman–Crippen MR) is 111 cm³/mol. The van der Waals surface area contributed by atoms with E-state index in [-0.39, 0.29) is 25.2 Å². The number of rotatable bonds is 7. The van der Waals surface area contributed by atoms with Crippen LogP contribution in [0.25, 0.3) is 0 Å². The van der Waals surface area contributed by atoms with Crippen LogP contribution >= 0.6 is 23.1 Å². The van der Waals surface area contributed by atoms with Crippen molar-refractivity contribution in [1.82, 2.24) is 25.1 Å². The first-order valence-electron chi connectivity index (χ1n) is 8.94. The monoisotopic (exact) mass is 446 g/mol. The highest BCUT2D eigenvalue weighted by molar-refractivity contribution is 8.00. The highest BCUT2D eigenvalue weighted by Crippen LogP contribution is 2.32. The molecule has 156 valence electrons. The van der Waals surface area contributed by atoms with Crippen molar-refractivity contribution in [2.75, 3.05) is 12.1 Å². The van der Waals surface area contributed by atoms with Crippen LogP contribution in [0.15, 0.2) is 34.9 Å². The van der Waals surface area contributed by atoms with E-state index in [2.05, 4.69) is 25.8 Å². The fraction of sp³-hybridized carbons (Fsp3) is 0.278. The zero-order chi connectivity index (χ0) is 21.1. The van der Waals surface area contributed by atoms with Gasteiger partial charge in [0.2, 0.25) is 12.7 Å². The normalized spacial score (nSPS) is 13.1. The Morgan fingerprint density at radius 3 is 2.93 bits per heavy atom. The topological polar surface area (TPSA) is 120 Å². The Bertz CT molecular complexity index is 1070. The van der Waals surface area contributed by atoms with Crippen molar-refractivity contribution in [2.45, 2.75) is 23.9 Å². The van der Waals surface area contributed by atoms with Gasteiger partial charge in [-0.3, -0.25) is 9.59 Å². The molecular weight excluding hydrogens is 428 g/mol. The van der Waals surface area contributed by atoms with Crippen molar-refractivity contribution in [2.24, 2.45) is 7.05 Å². The number of benzene rings is 1. The molecule has 1 atom stereocenters. The molecule has 2 aromatic heterocycles. The van der Waals surface area contributed by atoms with Gasteiger partial charge in [-0.2, -0.15) is 0 Å². The molecule has 2 amide bonds. The van der Waals surface area contributed by atoms with Crippen LogP contribution in [0, 0.1) is 0 Å². The molecule has 30 heavy (non-hydrogen) atoms. The zero-order valence-corrected chi connectivity index (χ0v) is 17.7. The lowest BCUT2D eigenvalue weighted by atomic mass is 10.2. The lowest BCUT2D eigenvalue weighted by Gasteiger charge is -2.10. The molecule has 1 aliphatic rings. The SMILES string of the molecule is C[C@H](Sc1nnc(CNC(=O)c2ccc3c(c2)OCO3)n1C)C(=O)Nc1nccs1. The smallest absolute Gasteiger partial charge is 0.251 e. The van der Waals surface area contributed by atoms with Gasteiger partial charge >= 0.3 is 0 Å². The molecule has 0 aliphatic carbocycles. The maximum Gasteiger partial charge on any atom is 0.251 e. The molecule has 1 aromatic carbocycles. The molecule has 10 nitrogen and oxygen atoms in total. The second-order valence-electron chi connectivity index (χ2n) is 6.30. The van der Waals surface area contributed by atoms with Gasteiger partial charge in [-0.05, 0) is 25.1 Å². The van der Waals surface area contributed by atoms with Gasteiger partial charge in [0, 0.05) is 24.2 Å². The van der Waals surface area contributed by atoms with Gasteiger partial charge in [-0.1, -0.05) is 11.8 Å². The summed E-state index contributed by atoms with van der Waals surface area (Å²) in [5.74, 6) is 1.30. The summed E-state index contributed by atoms with van der Waals surface area (Å²) in [5.41, 5.74) is 0.462. The summed E-state index contributed by atoms with van der Waals surface area (Å²) in [4.78, 5) is 28.8. The maximum atomic E-state index is 12.4. The predicted octanol–water partition coefficient (Wildman–Crippen LogP) is 2.05. The standard InChI is InChI=1S/C18H18N6O4S2/c1-10(15(25)21-17-19-5-6-29-17)30-18-23-22-14(24(18)2)8-20-16(26)11-3-4-12-13(7-11)28-9-27-12/h3-7,10H,8-9H2,1-2H3,(H,20,26)(H,19,21,25)/t10-/m0/s1. The molecule has 0 saturated carbocycles. The van der Waals surface area contributed by atoms with Crippen molar-refractivity contribution in [3.63, 3.8) is 0 Å². The third kappa shape index (κ3) is 4.39. The molecular formula is C18H18N6O4S2. The van der Waals surface area contributed by atoms with E-state index >= 15 is 0 Å². The average molecular weight is 447 g/mol. The maximum absolute atomic E-state index is 12.4. The molecule has 0 bridgehead atoms. The Labute approximate surface area is 180 Å². The molecule has 0 radical (unpaired) electrons. The first-order chi connectivity index (χ1) is 14.5. The Balaban J connectivity index is 1.33. The van der Waals surface area contributed by atoms with Gasteiger partial charge < -0.3 is 24.7 Å². The fourth-order valence-corrected chi connectivity index (χ4v) is 3.97. The summed E-state index contributed by atoms with van der Waals surface area (Å²) in [6, 6.07) is 5.01. The summed E-state index contributed by atoms with van der Waals surface area (Å²) >= 11 is 2.63. The molecule has 2 N–H and O–H groups in total. The number of thioether (sulfide) groups is 1. The van der Waals surface area contributed by atoms with Crippen molar-refractivity contribution in [3.05, 3.63) is 41.2 Å². The third-order valence-corrected chi connectivity index (χ3v) is 6.10. The van der Waals surface area contributed by atoms with Crippen LogP contribution in [0.3, 0.4) is 0 Å². The third-order valence-electron chi connectivity index (χ3n) is 4.28. The number of aromatic nitrogens is 4. The van der Waals surface area contributed by atoms with Crippen molar-refractivity contribution in [3.8, 4) is 11.5 Å². The first kappa shape index (κ1) is 20.2. The minimum atomic E-state index is -0.395. The molecule has 0 saturated heterocycles. The van der Waals surface area contributed by atoms with Crippen LogP contribution in [0.1, 0.15) is 23.1 Å². The number of carbonyl (C=O) groups is 2. The van der Waals surface area contributed by atoms with E-state index in [4.69, 9.17) is 9.47 Å². The second kappa shape index (κ2) is 8.71. The Morgan fingerprint density at radius 1 is 1.30 bits per heavy atom. The van der Waals surface area contributed by atoms with E-state index in [0.717, 1.165) is 0 Å². The van der Waals surface area contributed by atoms with Crippen LogP contribution in [-0.4, -0.2) is 43.6 Å². The van der Waals surface area contributed by atoms with Crippen LogP contribution in [0.4, 0.5) is 5.13 Å². The van der Waals surface area contributed by atoms with Crippen molar-refractivity contribution in [1.29, 1.82) is 0 Å². The number of nitrogens with one attached hydrogen (secondary N) is 2. The van der Waals surface area contributed by atoms with Gasteiger partial charge in [-0.15, -0.1) is 21.5 Å². The van der Waals surface area contributed by atoms with Crippen molar-refractivity contribution < 1.29 is 19.1 Å². The lowest BCUT2D eigenvalue weighted by molar-refractivity contribution is -0.115. The number of carbonyl (C=O) groups excluding carboxylic acids is 2.